The first-order chi connectivity index (χ1) is 20.9. The van der Waals surface area contributed by atoms with Crippen LogP contribution in [0.15, 0.2) is 23.4 Å². The van der Waals surface area contributed by atoms with Crippen molar-refractivity contribution < 1.29 is 51.2 Å². The Balaban J connectivity index is 1.79. The van der Waals surface area contributed by atoms with Crippen molar-refractivity contribution >= 4 is 28.8 Å². The molecule has 2 aliphatic rings. The highest BCUT2D eigenvalue weighted by Crippen LogP contribution is 2.52. The van der Waals surface area contributed by atoms with Gasteiger partial charge in [0.25, 0.3) is 0 Å². The minimum Gasteiger partial charge on any atom is -0.465 e. The molecule has 14 nitrogen and oxygen atoms in total. The van der Waals surface area contributed by atoms with Crippen LogP contribution in [0, 0.1) is 17.5 Å². The Kier molecular flexibility index (Phi) is 10.7. The minimum absolute atomic E-state index is 0.00332. The summed E-state index contributed by atoms with van der Waals surface area (Å²) >= 11 is 0. The number of nitrogens with zero attached hydrogens (tertiary/aromatic N) is 6. The van der Waals surface area contributed by atoms with Crippen LogP contribution in [0.3, 0.4) is 0 Å². The SMILES string of the molecule is CO[C@H]1C[SH]([C@@H]2COC[C@H](N=[N+]=[N-])[C@H]2OC(C)=O)[C@H](COC(C)=O)[C@H](OC(C)=O)[C@H]1n1cc(-c2cc(F)c(F)c(F)c2)nn1. The Bertz CT molecular complexity index is 1420. The molecule has 0 spiro atoms. The van der Waals surface area contributed by atoms with Crippen molar-refractivity contribution in [1.29, 1.82) is 0 Å². The van der Waals surface area contributed by atoms with Gasteiger partial charge in [0.15, 0.2) is 17.5 Å². The average Bonchev–Trinajstić information content (AvgIpc) is 3.44. The number of azide groups is 1. The van der Waals surface area contributed by atoms with Crippen molar-refractivity contribution in [3.63, 3.8) is 0 Å². The number of ether oxygens (including phenoxy) is 5. The number of carbonyl (C=O) groups is 3. The molecule has 2 aliphatic heterocycles. The maximum absolute atomic E-state index is 14.0. The second-order valence-electron chi connectivity index (χ2n) is 10.2. The lowest BCUT2D eigenvalue weighted by Crippen LogP contribution is -2.58. The maximum Gasteiger partial charge on any atom is 0.303 e. The molecule has 0 radical (unpaired) electrons. The fourth-order valence-electron chi connectivity index (χ4n) is 5.54. The third-order valence-corrected chi connectivity index (χ3v) is 10.7. The van der Waals surface area contributed by atoms with E-state index < -0.39 is 87.2 Å². The monoisotopic (exact) mass is 644 g/mol. The van der Waals surface area contributed by atoms with E-state index in [0.717, 1.165) is 12.1 Å². The fraction of sp³-hybridized carbons (Fsp3) is 0.577. The summed E-state index contributed by atoms with van der Waals surface area (Å²) in [6.07, 6.45) is -1.34. The Morgan fingerprint density at radius 2 is 1.75 bits per heavy atom. The van der Waals surface area contributed by atoms with E-state index in [9.17, 15) is 27.6 Å². The Labute approximate surface area is 252 Å². The molecule has 0 N–H and O–H groups in total. The van der Waals surface area contributed by atoms with Crippen LogP contribution in [0.5, 0.6) is 0 Å². The van der Waals surface area contributed by atoms with E-state index in [-0.39, 0.29) is 36.8 Å². The van der Waals surface area contributed by atoms with E-state index >= 15 is 0 Å². The molecule has 240 valence electrons. The summed E-state index contributed by atoms with van der Waals surface area (Å²) in [5.74, 6) is -6.07. The van der Waals surface area contributed by atoms with E-state index in [2.05, 4.69) is 20.3 Å². The van der Waals surface area contributed by atoms with Gasteiger partial charge in [-0.25, -0.2) is 28.7 Å². The van der Waals surface area contributed by atoms with Crippen molar-refractivity contribution in [1.82, 2.24) is 15.0 Å². The number of hydrogen-bond donors (Lipinski definition) is 1. The highest BCUT2D eigenvalue weighted by atomic mass is 32.2. The second-order valence-corrected chi connectivity index (χ2v) is 12.9. The van der Waals surface area contributed by atoms with E-state index in [0.29, 0.717) is 0 Å². The largest absolute Gasteiger partial charge is 0.465 e. The second kappa shape index (κ2) is 14.3. The topological polar surface area (TPSA) is 177 Å². The molecular weight excluding hydrogens is 613 g/mol. The van der Waals surface area contributed by atoms with Crippen molar-refractivity contribution in [2.24, 2.45) is 5.11 Å². The molecule has 0 saturated carbocycles. The van der Waals surface area contributed by atoms with Crippen LogP contribution in [0.4, 0.5) is 13.2 Å². The minimum atomic E-state index is -1.63. The smallest absolute Gasteiger partial charge is 0.303 e. The van der Waals surface area contributed by atoms with Gasteiger partial charge in [-0.05, 0) is 17.7 Å². The molecule has 1 unspecified atom stereocenters. The zero-order chi connectivity index (χ0) is 32.1. The summed E-state index contributed by atoms with van der Waals surface area (Å²) in [6.45, 7) is 3.53. The maximum atomic E-state index is 14.0. The number of thiol groups is 1. The molecule has 44 heavy (non-hydrogen) atoms. The molecule has 18 heteroatoms. The van der Waals surface area contributed by atoms with Gasteiger partial charge in [0, 0.05) is 49.4 Å². The molecule has 2 aromatic rings. The van der Waals surface area contributed by atoms with Gasteiger partial charge in [-0.1, -0.05) is 10.3 Å². The van der Waals surface area contributed by atoms with Crippen molar-refractivity contribution in [3.8, 4) is 11.3 Å². The average molecular weight is 645 g/mol. The third-order valence-electron chi connectivity index (χ3n) is 7.33. The van der Waals surface area contributed by atoms with E-state index in [4.69, 9.17) is 29.2 Å². The molecule has 2 fully saturated rings. The molecule has 0 aliphatic carbocycles. The number of aromatic nitrogens is 3. The van der Waals surface area contributed by atoms with Crippen LogP contribution in [0.25, 0.3) is 21.7 Å². The van der Waals surface area contributed by atoms with Crippen molar-refractivity contribution in [3.05, 3.63) is 46.2 Å². The lowest BCUT2D eigenvalue weighted by molar-refractivity contribution is -0.154. The van der Waals surface area contributed by atoms with Gasteiger partial charge >= 0.3 is 17.9 Å². The molecule has 3 heterocycles. The van der Waals surface area contributed by atoms with Gasteiger partial charge in [-0.2, -0.15) is 0 Å². The lowest BCUT2D eigenvalue weighted by atomic mass is 10.0. The van der Waals surface area contributed by atoms with Crippen LogP contribution < -0.4 is 0 Å². The van der Waals surface area contributed by atoms with Gasteiger partial charge in [0.05, 0.1) is 36.8 Å². The first kappa shape index (κ1) is 33.0. The normalized spacial score (nSPS) is 29.2. The molecule has 8 atom stereocenters. The first-order valence-electron chi connectivity index (χ1n) is 13.4. The van der Waals surface area contributed by atoms with Crippen molar-refractivity contribution in [2.75, 3.05) is 32.7 Å². The summed E-state index contributed by atoms with van der Waals surface area (Å²) in [6, 6.07) is -0.192. The Hall–Kier alpha value is -3.86. The molecule has 0 amide bonds. The Morgan fingerprint density at radius 3 is 2.34 bits per heavy atom. The lowest BCUT2D eigenvalue weighted by Gasteiger charge is -2.52. The van der Waals surface area contributed by atoms with E-state index in [1.54, 1.807) is 0 Å². The van der Waals surface area contributed by atoms with Crippen LogP contribution in [-0.2, 0) is 38.1 Å². The molecule has 4 rings (SSSR count). The quantitative estimate of drug-likeness (QED) is 0.0812. The molecule has 2 saturated heterocycles. The van der Waals surface area contributed by atoms with Gasteiger partial charge in [0.1, 0.15) is 30.6 Å². The van der Waals surface area contributed by atoms with Gasteiger partial charge < -0.3 is 23.7 Å². The summed E-state index contributed by atoms with van der Waals surface area (Å²) in [5.41, 5.74) is 9.04. The Morgan fingerprint density at radius 1 is 1.09 bits per heavy atom. The summed E-state index contributed by atoms with van der Waals surface area (Å²) in [4.78, 5) is 39.4. The van der Waals surface area contributed by atoms with Crippen LogP contribution in [0.2, 0.25) is 0 Å². The molecule has 1 aromatic carbocycles. The number of methoxy groups -OCH3 is 1. The zero-order valence-corrected chi connectivity index (χ0v) is 25.0. The number of esters is 3. The van der Waals surface area contributed by atoms with Crippen LogP contribution in [0.1, 0.15) is 26.8 Å². The number of benzene rings is 1. The number of rotatable bonds is 9. The van der Waals surface area contributed by atoms with Gasteiger partial charge in [-0.3, -0.25) is 14.4 Å². The molecule has 1 aromatic heterocycles. The summed E-state index contributed by atoms with van der Waals surface area (Å²) in [7, 11) is -0.0147. The fourth-order valence-corrected chi connectivity index (χ4v) is 9.17. The van der Waals surface area contributed by atoms with Crippen LogP contribution in [-0.4, -0.2) is 100 Å². The van der Waals surface area contributed by atoms with Crippen LogP contribution >= 0.6 is 10.9 Å². The molecule has 0 bridgehead atoms. The number of hydrogen-bond acceptors (Lipinski definition) is 11. The first-order valence-corrected chi connectivity index (χ1v) is 15.1. The van der Waals surface area contributed by atoms with E-state index in [1.165, 1.54) is 38.8 Å². The molecular formula is C26H31F3N6O8S. The predicted octanol–water partition coefficient (Wildman–Crippen LogP) is 2.81. The predicted molar refractivity (Wildman–Crippen MR) is 148 cm³/mol. The van der Waals surface area contributed by atoms with E-state index in [1.807, 2.05) is 0 Å². The van der Waals surface area contributed by atoms with Crippen molar-refractivity contribution in [2.45, 2.75) is 61.7 Å². The number of carbonyl (C=O) groups excluding carboxylic acids is 3. The summed E-state index contributed by atoms with van der Waals surface area (Å²) in [5, 5.41) is 10.6. The third kappa shape index (κ3) is 7.26. The highest BCUT2D eigenvalue weighted by Gasteiger charge is 2.52. The number of halogens is 3. The standard InChI is InChI=1S/C26H31F3N6O8S/c1-12(36)41-10-22-26(43-14(3)38)24(35-7-18(32-34-35)15-5-16(27)23(29)17(28)6-15)20(39-4)11-44(22)21-9-40-8-19(31-33-30)25(21)42-13(2)37/h5-7,19-22,24-26,44H,8-11H2,1-4H3/t19-,20-,21+,22+,24-,25+,26-/m0/s1. The highest BCUT2D eigenvalue weighted by molar-refractivity contribution is 8.18. The zero-order valence-electron chi connectivity index (χ0n) is 24.1. The summed E-state index contributed by atoms with van der Waals surface area (Å²) < 4.78 is 71.3. The van der Waals surface area contributed by atoms with Gasteiger partial charge in [-0.15, -0.1) is 5.10 Å². The van der Waals surface area contributed by atoms with Gasteiger partial charge in [0.2, 0.25) is 0 Å².